The molecule has 5 N–H and O–H groups in total. The highest BCUT2D eigenvalue weighted by Gasteiger charge is 2.31. The van der Waals surface area contributed by atoms with Crippen LogP contribution in [0, 0.1) is 11.3 Å². The van der Waals surface area contributed by atoms with Gasteiger partial charge in [-0.3, -0.25) is 9.52 Å². The Kier molecular flexibility index (Phi) is 4.64. The molecule has 1 aromatic carbocycles. The van der Waals surface area contributed by atoms with Crippen molar-refractivity contribution in [2.75, 3.05) is 24.7 Å². The molecule has 0 unspecified atom stereocenters. The minimum absolute atomic E-state index is 0.0120. The summed E-state index contributed by atoms with van der Waals surface area (Å²) < 4.78 is 17.1. The maximum absolute atomic E-state index is 13.0. The molecule has 4 aromatic rings. The molecule has 0 amide bonds. The normalized spacial score (nSPS) is 13.3. The van der Waals surface area contributed by atoms with Gasteiger partial charge in [-0.25, -0.2) is 9.78 Å². The average molecular weight is 465 g/mol. The number of benzene rings is 1. The molecule has 1 aliphatic rings. The van der Waals surface area contributed by atoms with Crippen LogP contribution in [-0.2, 0) is 7.05 Å². The van der Waals surface area contributed by atoms with E-state index in [9.17, 15) is 15.2 Å². The van der Waals surface area contributed by atoms with Crippen molar-refractivity contribution in [3.05, 3.63) is 39.1 Å². The van der Waals surface area contributed by atoms with Gasteiger partial charge in [-0.15, -0.1) is 11.3 Å². The molecule has 0 fully saturated rings. The van der Waals surface area contributed by atoms with E-state index in [2.05, 4.69) is 15.2 Å². The van der Waals surface area contributed by atoms with E-state index in [4.69, 9.17) is 25.5 Å². The molecule has 1 aliphatic heterocycles. The van der Waals surface area contributed by atoms with Crippen LogP contribution in [0.1, 0.15) is 10.4 Å². The fourth-order valence-electron chi connectivity index (χ4n) is 3.56. The first-order valence-electron chi connectivity index (χ1n) is 9.54. The topological polar surface area (TPSA) is 192 Å². The fraction of sp³-hybridized carbons (Fsp3) is 0.150. The lowest BCUT2D eigenvalue weighted by molar-refractivity contribution is -0.730. The van der Waals surface area contributed by atoms with Gasteiger partial charge < -0.3 is 26.0 Å². The summed E-state index contributed by atoms with van der Waals surface area (Å²) in [7, 11) is 1.52. The van der Waals surface area contributed by atoms with Crippen molar-refractivity contribution in [1.82, 2.24) is 10.3 Å². The lowest BCUT2D eigenvalue weighted by atomic mass is 10.0. The maximum Gasteiger partial charge on any atom is 0.435 e. The molecular weight excluding hydrogens is 450 g/mol. The van der Waals surface area contributed by atoms with Gasteiger partial charge in [-0.05, 0) is 17.4 Å². The second kappa shape index (κ2) is 7.53. The number of nitrogen functional groups attached to an aromatic ring is 2. The molecule has 166 valence electrons. The van der Waals surface area contributed by atoms with Crippen LogP contribution in [0.25, 0.3) is 21.5 Å². The molecule has 0 saturated heterocycles. The number of ether oxygens (including phenoxy) is 2. The molecule has 12 nitrogen and oxygen atoms in total. The third-order valence-corrected chi connectivity index (χ3v) is 6.10. The Morgan fingerprint density at radius 3 is 2.79 bits per heavy atom. The van der Waals surface area contributed by atoms with Crippen molar-refractivity contribution in [2.45, 2.75) is 0 Å². The third kappa shape index (κ3) is 3.20. The summed E-state index contributed by atoms with van der Waals surface area (Å²) in [6, 6.07) is 6.83. The van der Waals surface area contributed by atoms with Gasteiger partial charge in [0.1, 0.15) is 35.5 Å². The number of nitriles is 1. The van der Waals surface area contributed by atoms with E-state index in [1.165, 1.54) is 11.7 Å². The lowest BCUT2D eigenvalue weighted by Crippen LogP contribution is -2.34. The molecular formula is C20H15N7O5S. The summed E-state index contributed by atoms with van der Waals surface area (Å²) in [4.78, 5) is 21.0. The Morgan fingerprint density at radius 2 is 2.09 bits per heavy atom. The first-order chi connectivity index (χ1) is 15.9. The summed E-state index contributed by atoms with van der Waals surface area (Å²) in [6.45, 7) is 0.844. The monoisotopic (exact) mass is 465 g/mol. The molecule has 33 heavy (non-hydrogen) atoms. The number of fused-ring (bicyclic) bond motifs is 2. The highest BCUT2D eigenvalue weighted by atomic mass is 32.1. The highest BCUT2D eigenvalue weighted by Crippen LogP contribution is 2.41. The van der Waals surface area contributed by atoms with Crippen molar-refractivity contribution >= 4 is 44.6 Å². The zero-order valence-electron chi connectivity index (χ0n) is 17.0. The van der Waals surface area contributed by atoms with Crippen molar-refractivity contribution in [3.63, 3.8) is 0 Å². The zero-order valence-corrected chi connectivity index (χ0v) is 17.9. The molecule has 0 radical (unpaired) electrons. The van der Waals surface area contributed by atoms with Crippen LogP contribution in [0.5, 0.6) is 11.5 Å². The Morgan fingerprint density at radius 1 is 1.33 bits per heavy atom. The second-order valence-electron chi connectivity index (χ2n) is 7.02. The first-order valence-corrected chi connectivity index (χ1v) is 10.4. The van der Waals surface area contributed by atoms with E-state index in [-0.39, 0.29) is 43.4 Å². The quantitative estimate of drug-likeness (QED) is 0.217. The van der Waals surface area contributed by atoms with Crippen LogP contribution in [0.4, 0.5) is 17.2 Å². The number of nitrogens with one attached hydrogen (secondary N) is 1. The van der Waals surface area contributed by atoms with Crippen LogP contribution in [-0.4, -0.2) is 29.4 Å². The number of nitrogens with two attached hydrogens (primary N) is 2. The minimum Gasteiger partial charge on any atom is -0.858 e. The van der Waals surface area contributed by atoms with E-state index in [0.717, 1.165) is 11.3 Å². The fourth-order valence-corrected chi connectivity index (χ4v) is 4.56. The van der Waals surface area contributed by atoms with Gasteiger partial charge in [0.05, 0.1) is 27.2 Å². The molecule has 0 saturated carbocycles. The van der Waals surface area contributed by atoms with E-state index in [1.807, 2.05) is 6.07 Å². The van der Waals surface area contributed by atoms with E-state index in [1.54, 1.807) is 18.2 Å². The van der Waals surface area contributed by atoms with Gasteiger partial charge in [-0.1, -0.05) is 4.68 Å². The number of aliphatic imine (C=N–C) groups is 1. The largest absolute Gasteiger partial charge is 0.858 e. The maximum atomic E-state index is 13.0. The van der Waals surface area contributed by atoms with Crippen LogP contribution in [0.15, 0.2) is 32.5 Å². The smallest absolute Gasteiger partial charge is 0.435 e. The predicted molar refractivity (Wildman–Crippen MR) is 116 cm³/mol. The summed E-state index contributed by atoms with van der Waals surface area (Å²) in [5.74, 6) is 0.326. The molecule has 13 heteroatoms. The Labute approximate surface area is 188 Å². The van der Waals surface area contributed by atoms with Crippen LogP contribution < -0.4 is 36.4 Å². The summed E-state index contributed by atoms with van der Waals surface area (Å²) in [6.07, 6.45) is 0. The Hall–Kier alpha value is -4.57. The van der Waals surface area contributed by atoms with Gasteiger partial charge in [-0.2, -0.15) is 5.26 Å². The van der Waals surface area contributed by atoms with Gasteiger partial charge in [0, 0.05) is 12.0 Å². The van der Waals surface area contributed by atoms with Crippen LogP contribution >= 0.6 is 11.3 Å². The van der Waals surface area contributed by atoms with Crippen molar-refractivity contribution in [2.24, 2.45) is 12.0 Å². The van der Waals surface area contributed by atoms with Gasteiger partial charge in [0.15, 0.2) is 18.5 Å². The lowest BCUT2D eigenvalue weighted by Gasteiger charge is -2.18. The summed E-state index contributed by atoms with van der Waals surface area (Å²) >= 11 is 0.960. The number of hydrogen-bond donors (Lipinski definition) is 3. The first kappa shape index (κ1) is 20.3. The van der Waals surface area contributed by atoms with Crippen molar-refractivity contribution in [1.29, 1.82) is 5.26 Å². The van der Waals surface area contributed by atoms with E-state index >= 15 is 0 Å². The molecule has 4 heterocycles. The third-order valence-electron chi connectivity index (χ3n) is 5.01. The zero-order chi connectivity index (χ0) is 23.3. The molecule has 0 aliphatic carbocycles. The number of aryl methyl sites for hydroxylation is 1. The molecule has 3 aromatic heterocycles. The van der Waals surface area contributed by atoms with E-state index in [0.29, 0.717) is 30.4 Å². The average Bonchev–Trinajstić information content (AvgIpc) is 3.31. The van der Waals surface area contributed by atoms with E-state index < -0.39 is 11.5 Å². The minimum atomic E-state index is -0.736. The number of nitrogens with zero attached hydrogens (tertiary/aromatic N) is 4. The van der Waals surface area contributed by atoms with Gasteiger partial charge in [0.25, 0.3) is 0 Å². The number of rotatable bonds is 3. The number of hydrogen-bond acceptors (Lipinski definition) is 11. The number of aromatic nitrogens is 3. The Bertz CT molecular complexity index is 1560. The standard InChI is InChI=1S/C20H15N7O5S/c1-27-15(20(29)32-26-27)12-9(7-21)17(23)25-19-13(12)14(22)16(33-19)18(28)24-8-2-3-10-11(6-8)31-5-4-30-10/h2-3,6H,4-5H2,1H3,(H5-,22,23,24,25,26,28,29). The number of anilines is 2. The van der Waals surface area contributed by atoms with Gasteiger partial charge in [0.2, 0.25) is 0 Å². The summed E-state index contributed by atoms with van der Waals surface area (Å²) in [5.41, 5.74) is 12.0. The predicted octanol–water partition coefficient (Wildman–Crippen LogP) is 0.315. The van der Waals surface area contributed by atoms with Crippen molar-refractivity contribution < 1.29 is 23.8 Å². The highest BCUT2D eigenvalue weighted by molar-refractivity contribution is 7.21. The molecule has 0 bridgehead atoms. The van der Waals surface area contributed by atoms with Gasteiger partial charge >= 0.3 is 11.3 Å². The van der Waals surface area contributed by atoms with Crippen LogP contribution in [0.3, 0.4) is 0 Å². The Balaban J connectivity index is 1.71. The SMILES string of the molecule is C[n+]1[nH]oc(=O)c1-c1c(C#N)c(N)nc2sc(C([O-])=Nc3ccc4c(c3)OCCO4)c(N)c12. The number of H-pyrrole nitrogens is 1. The number of pyridine rings is 1. The molecule has 0 spiro atoms. The number of thiophene rings is 1. The number of aromatic amines is 1. The summed E-state index contributed by atoms with van der Waals surface area (Å²) in [5, 5.41) is 25.3. The second-order valence-corrected chi connectivity index (χ2v) is 8.02. The molecule has 0 atom stereocenters. The van der Waals surface area contributed by atoms with Crippen LogP contribution in [0.2, 0.25) is 0 Å². The van der Waals surface area contributed by atoms with Crippen molar-refractivity contribution in [3.8, 4) is 28.8 Å². The molecule has 5 rings (SSSR count).